The Hall–Kier alpha value is -4.70. The first-order valence-corrected chi connectivity index (χ1v) is 14.1. The first-order chi connectivity index (χ1) is 20.4. The number of pyridine rings is 1. The van der Waals surface area contributed by atoms with Gasteiger partial charge in [0.15, 0.2) is 17.3 Å². The van der Waals surface area contributed by atoms with Crippen LogP contribution in [-0.2, 0) is 19.6 Å². The third-order valence-corrected chi connectivity index (χ3v) is 8.00. The Morgan fingerprint density at radius 3 is 2.57 bits per heavy atom. The molecule has 10 nitrogen and oxygen atoms in total. The van der Waals surface area contributed by atoms with Gasteiger partial charge in [-0.25, -0.2) is 4.68 Å². The molecule has 0 radical (unpaired) electrons. The Morgan fingerprint density at radius 2 is 1.79 bits per heavy atom. The molecule has 216 valence electrons. The average Bonchev–Trinajstić information content (AvgIpc) is 3.66. The molecule has 1 aliphatic heterocycles. The summed E-state index contributed by atoms with van der Waals surface area (Å²) in [5, 5.41) is 13.9. The number of aromatic nitrogens is 5. The van der Waals surface area contributed by atoms with Gasteiger partial charge in [0.1, 0.15) is 5.75 Å². The highest BCUT2D eigenvalue weighted by molar-refractivity contribution is 5.83. The van der Waals surface area contributed by atoms with Gasteiger partial charge >= 0.3 is 0 Å². The molecule has 1 atom stereocenters. The molecule has 10 heteroatoms. The molecule has 5 aromatic rings. The second-order valence-corrected chi connectivity index (χ2v) is 10.7. The van der Waals surface area contributed by atoms with Crippen LogP contribution in [0.2, 0.25) is 0 Å². The lowest BCUT2D eigenvalue weighted by Crippen LogP contribution is -2.32. The topological polar surface area (TPSA) is 107 Å². The third kappa shape index (κ3) is 5.45. The Bertz CT molecular complexity index is 1780. The van der Waals surface area contributed by atoms with Crippen molar-refractivity contribution in [3.8, 4) is 17.2 Å². The second kappa shape index (κ2) is 11.7. The molecule has 0 saturated carbocycles. The van der Waals surface area contributed by atoms with Gasteiger partial charge in [0.25, 0.3) is 5.56 Å². The lowest BCUT2D eigenvalue weighted by molar-refractivity contribution is 0.161. The number of benzene rings is 3. The zero-order valence-electron chi connectivity index (χ0n) is 24.3. The number of hydrogen-bond acceptors (Lipinski definition) is 8. The van der Waals surface area contributed by atoms with Gasteiger partial charge in [0, 0.05) is 18.7 Å². The van der Waals surface area contributed by atoms with Crippen LogP contribution in [-0.4, -0.2) is 44.0 Å². The maximum atomic E-state index is 13.4. The van der Waals surface area contributed by atoms with Crippen molar-refractivity contribution in [1.29, 1.82) is 0 Å². The molecule has 0 aliphatic carbocycles. The highest BCUT2D eigenvalue weighted by Gasteiger charge is 2.27. The molecular formula is C32H34N6O4. The van der Waals surface area contributed by atoms with Crippen LogP contribution in [0.25, 0.3) is 10.9 Å². The van der Waals surface area contributed by atoms with Crippen molar-refractivity contribution in [2.24, 2.45) is 0 Å². The monoisotopic (exact) mass is 566 g/mol. The minimum absolute atomic E-state index is 0.0976. The molecule has 6 rings (SSSR count). The van der Waals surface area contributed by atoms with Crippen LogP contribution in [0.1, 0.15) is 53.0 Å². The standard InChI is InChI=1S/C32H34N6O4/c1-5-27(31-34-35-36-38(31)17-22-7-11-26(40-4)12-8-22)37(16-23-9-13-28-29(14-23)42-19-41-28)18-25-15-24-10-6-20(2)21(3)30(24)33-32(25)39/h6-15,27H,5,16-19H2,1-4H3,(H,33,39). The van der Waals surface area contributed by atoms with Crippen LogP contribution in [0.15, 0.2) is 65.5 Å². The van der Waals surface area contributed by atoms with Gasteiger partial charge in [-0.15, -0.1) is 5.10 Å². The van der Waals surface area contributed by atoms with E-state index in [2.05, 4.69) is 51.4 Å². The Labute approximate surface area is 243 Å². The van der Waals surface area contributed by atoms with E-state index in [4.69, 9.17) is 14.2 Å². The summed E-state index contributed by atoms with van der Waals surface area (Å²) in [6, 6.07) is 19.8. The molecule has 0 saturated heterocycles. The Morgan fingerprint density at radius 1 is 1.00 bits per heavy atom. The number of nitrogens with one attached hydrogen (secondary N) is 1. The quantitative estimate of drug-likeness (QED) is 0.250. The maximum absolute atomic E-state index is 13.4. The number of tetrazole rings is 1. The molecule has 42 heavy (non-hydrogen) atoms. The number of nitrogens with zero attached hydrogens (tertiary/aromatic N) is 5. The van der Waals surface area contributed by atoms with Crippen molar-refractivity contribution < 1.29 is 14.2 Å². The number of ether oxygens (including phenoxy) is 3. The lowest BCUT2D eigenvalue weighted by atomic mass is 10.0. The van der Waals surface area contributed by atoms with Crippen LogP contribution in [0.5, 0.6) is 17.2 Å². The predicted octanol–water partition coefficient (Wildman–Crippen LogP) is 5.07. The highest BCUT2D eigenvalue weighted by Crippen LogP contribution is 2.34. The van der Waals surface area contributed by atoms with E-state index in [0.717, 1.165) is 62.7 Å². The SMILES string of the molecule is CCC(c1nnnn1Cc1ccc(OC)cc1)N(Cc1ccc2c(c1)OCO2)Cc1cc2ccc(C)c(C)c2[nH]c1=O. The van der Waals surface area contributed by atoms with Gasteiger partial charge in [0.05, 0.1) is 25.2 Å². The fourth-order valence-corrected chi connectivity index (χ4v) is 5.53. The van der Waals surface area contributed by atoms with Crippen molar-refractivity contribution in [3.05, 3.63) is 105 Å². The molecule has 1 aliphatic rings. The van der Waals surface area contributed by atoms with Gasteiger partial charge in [-0.3, -0.25) is 9.69 Å². The van der Waals surface area contributed by atoms with Gasteiger partial charge in [-0.2, -0.15) is 0 Å². The number of rotatable bonds is 10. The van der Waals surface area contributed by atoms with Crippen LogP contribution >= 0.6 is 0 Å². The number of fused-ring (bicyclic) bond motifs is 2. The molecule has 3 aromatic carbocycles. The summed E-state index contributed by atoms with van der Waals surface area (Å²) in [5.41, 5.74) is 5.77. The van der Waals surface area contributed by atoms with Crippen molar-refractivity contribution in [1.82, 2.24) is 30.1 Å². The van der Waals surface area contributed by atoms with Gasteiger partial charge in [-0.1, -0.05) is 37.3 Å². The van der Waals surface area contributed by atoms with E-state index < -0.39 is 0 Å². The number of hydrogen-bond donors (Lipinski definition) is 1. The van der Waals surface area contributed by atoms with Crippen molar-refractivity contribution in [3.63, 3.8) is 0 Å². The molecule has 0 amide bonds. The van der Waals surface area contributed by atoms with Crippen LogP contribution in [0.3, 0.4) is 0 Å². The summed E-state index contributed by atoms with van der Waals surface area (Å²) in [6.07, 6.45) is 0.733. The molecule has 2 aromatic heterocycles. The molecule has 0 fully saturated rings. The third-order valence-electron chi connectivity index (χ3n) is 8.00. The van der Waals surface area contributed by atoms with Gasteiger partial charge < -0.3 is 19.2 Å². The van der Waals surface area contributed by atoms with E-state index in [9.17, 15) is 4.79 Å². The van der Waals surface area contributed by atoms with Gasteiger partial charge in [-0.05, 0) is 88.7 Å². The van der Waals surface area contributed by atoms with Crippen molar-refractivity contribution >= 4 is 10.9 Å². The summed E-state index contributed by atoms with van der Waals surface area (Å²) < 4.78 is 18.3. The summed E-state index contributed by atoms with van der Waals surface area (Å²) in [5.74, 6) is 2.98. The molecule has 3 heterocycles. The zero-order chi connectivity index (χ0) is 29.2. The average molecular weight is 567 g/mol. The Kier molecular flexibility index (Phi) is 7.62. The molecular weight excluding hydrogens is 532 g/mol. The number of aryl methyl sites for hydroxylation is 2. The normalized spacial score (nSPS) is 13.2. The fraction of sp³-hybridized carbons (Fsp3) is 0.312. The number of methoxy groups -OCH3 is 1. The van der Waals surface area contributed by atoms with E-state index in [0.29, 0.717) is 25.2 Å². The predicted molar refractivity (Wildman–Crippen MR) is 159 cm³/mol. The lowest BCUT2D eigenvalue weighted by Gasteiger charge is -2.30. The Balaban J connectivity index is 1.36. The second-order valence-electron chi connectivity index (χ2n) is 10.7. The minimum Gasteiger partial charge on any atom is -0.497 e. The summed E-state index contributed by atoms with van der Waals surface area (Å²) >= 11 is 0. The zero-order valence-corrected chi connectivity index (χ0v) is 24.3. The van der Waals surface area contributed by atoms with E-state index in [1.165, 1.54) is 0 Å². The summed E-state index contributed by atoms with van der Waals surface area (Å²) in [7, 11) is 1.65. The number of aromatic amines is 1. The van der Waals surface area contributed by atoms with Crippen molar-refractivity contribution in [2.45, 2.75) is 52.9 Å². The molecule has 1 N–H and O–H groups in total. The van der Waals surface area contributed by atoms with Crippen LogP contribution < -0.4 is 19.8 Å². The minimum atomic E-state index is -0.168. The molecule has 0 bridgehead atoms. The van der Waals surface area contributed by atoms with Crippen LogP contribution in [0.4, 0.5) is 0 Å². The first-order valence-electron chi connectivity index (χ1n) is 14.1. The number of H-pyrrole nitrogens is 1. The van der Waals surface area contributed by atoms with E-state index in [-0.39, 0.29) is 18.4 Å². The molecule has 1 unspecified atom stereocenters. The van der Waals surface area contributed by atoms with E-state index >= 15 is 0 Å². The van der Waals surface area contributed by atoms with Crippen molar-refractivity contribution in [2.75, 3.05) is 13.9 Å². The largest absolute Gasteiger partial charge is 0.497 e. The first kappa shape index (κ1) is 27.5. The van der Waals surface area contributed by atoms with Gasteiger partial charge in [0.2, 0.25) is 6.79 Å². The maximum Gasteiger partial charge on any atom is 0.252 e. The highest BCUT2D eigenvalue weighted by atomic mass is 16.7. The van der Waals surface area contributed by atoms with E-state index in [1.807, 2.05) is 60.1 Å². The summed E-state index contributed by atoms with van der Waals surface area (Å²) in [4.78, 5) is 18.8. The molecule has 0 spiro atoms. The van der Waals surface area contributed by atoms with E-state index in [1.54, 1.807) is 7.11 Å². The fourth-order valence-electron chi connectivity index (χ4n) is 5.53. The van der Waals surface area contributed by atoms with Crippen LogP contribution in [0, 0.1) is 13.8 Å². The summed E-state index contributed by atoms with van der Waals surface area (Å²) in [6.45, 7) is 7.88. The smallest absolute Gasteiger partial charge is 0.252 e.